The van der Waals surface area contributed by atoms with Crippen LogP contribution in [0.5, 0.6) is 0 Å². The summed E-state index contributed by atoms with van der Waals surface area (Å²) >= 11 is 0. The van der Waals surface area contributed by atoms with Gasteiger partial charge in [-0.15, -0.1) is 0 Å². The maximum atomic E-state index is 5.90. The highest BCUT2D eigenvalue weighted by Crippen LogP contribution is 2.35. The standard InChI is InChI=1S/C13H27N3/c1-11(2)10-15-5-7-16(8-6-15)13(9-14)12-3-4-12/h11-13H,3-10,14H2,1-2H3. The Bertz CT molecular complexity index is 205. The fraction of sp³-hybridized carbons (Fsp3) is 1.00. The minimum Gasteiger partial charge on any atom is -0.329 e. The van der Waals surface area contributed by atoms with Crippen molar-refractivity contribution in [1.82, 2.24) is 9.80 Å². The zero-order valence-electron chi connectivity index (χ0n) is 10.9. The smallest absolute Gasteiger partial charge is 0.0247 e. The molecular weight excluding hydrogens is 198 g/mol. The van der Waals surface area contributed by atoms with Crippen LogP contribution in [0, 0.1) is 11.8 Å². The van der Waals surface area contributed by atoms with Crippen molar-refractivity contribution in [2.24, 2.45) is 17.6 Å². The quantitative estimate of drug-likeness (QED) is 0.757. The molecule has 1 aliphatic heterocycles. The van der Waals surface area contributed by atoms with Gasteiger partial charge in [-0.25, -0.2) is 0 Å². The fourth-order valence-corrected chi connectivity index (χ4v) is 2.91. The third kappa shape index (κ3) is 3.19. The van der Waals surface area contributed by atoms with Gasteiger partial charge in [-0.1, -0.05) is 13.8 Å². The summed E-state index contributed by atoms with van der Waals surface area (Å²) in [6.45, 7) is 11.6. The van der Waals surface area contributed by atoms with Crippen molar-refractivity contribution in [3.05, 3.63) is 0 Å². The summed E-state index contributed by atoms with van der Waals surface area (Å²) in [4.78, 5) is 5.23. The summed E-state index contributed by atoms with van der Waals surface area (Å²) in [6.07, 6.45) is 2.82. The number of nitrogens with zero attached hydrogens (tertiary/aromatic N) is 2. The molecule has 2 N–H and O–H groups in total. The van der Waals surface area contributed by atoms with Crippen LogP contribution in [0.1, 0.15) is 26.7 Å². The Hall–Kier alpha value is -0.120. The molecule has 1 aliphatic carbocycles. The average Bonchev–Trinajstić information content (AvgIpc) is 3.05. The van der Waals surface area contributed by atoms with Gasteiger partial charge in [-0.3, -0.25) is 4.90 Å². The van der Waals surface area contributed by atoms with Gasteiger partial charge in [-0.2, -0.15) is 0 Å². The predicted octanol–water partition coefficient (Wildman–Crippen LogP) is 0.997. The summed E-state index contributed by atoms with van der Waals surface area (Å²) in [6, 6.07) is 0.682. The lowest BCUT2D eigenvalue weighted by Crippen LogP contribution is -2.53. The van der Waals surface area contributed by atoms with Crippen LogP contribution in [0.25, 0.3) is 0 Å². The Kier molecular flexibility index (Phi) is 4.22. The normalized spacial score (nSPS) is 26.2. The molecule has 2 rings (SSSR count). The van der Waals surface area contributed by atoms with E-state index in [2.05, 4.69) is 23.6 Å². The van der Waals surface area contributed by atoms with E-state index >= 15 is 0 Å². The zero-order chi connectivity index (χ0) is 11.5. The van der Waals surface area contributed by atoms with Crippen molar-refractivity contribution in [3.63, 3.8) is 0 Å². The number of rotatable bonds is 5. The lowest BCUT2D eigenvalue weighted by atomic mass is 10.1. The molecule has 0 aromatic heterocycles. The maximum Gasteiger partial charge on any atom is 0.0247 e. The van der Waals surface area contributed by atoms with Crippen LogP contribution in [-0.4, -0.2) is 55.1 Å². The van der Waals surface area contributed by atoms with Crippen LogP contribution >= 0.6 is 0 Å². The molecule has 1 saturated carbocycles. The van der Waals surface area contributed by atoms with E-state index in [1.807, 2.05) is 0 Å². The summed E-state index contributed by atoms with van der Waals surface area (Å²) in [5, 5.41) is 0. The average molecular weight is 225 g/mol. The second kappa shape index (κ2) is 5.48. The SMILES string of the molecule is CC(C)CN1CCN(C(CN)C2CC2)CC1. The summed E-state index contributed by atoms with van der Waals surface area (Å²) in [5.74, 6) is 1.71. The van der Waals surface area contributed by atoms with E-state index in [1.165, 1.54) is 45.6 Å². The van der Waals surface area contributed by atoms with E-state index in [-0.39, 0.29) is 0 Å². The molecule has 0 amide bonds. The molecule has 94 valence electrons. The predicted molar refractivity (Wildman–Crippen MR) is 68.4 cm³/mol. The Morgan fingerprint density at radius 1 is 1.12 bits per heavy atom. The summed E-state index contributed by atoms with van der Waals surface area (Å²) < 4.78 is 0. The zero-order valence-corrected chi connectivity index (χ0v) is 10.9. The van der Waals surface area contributed by atoms with Crippen LogP contribution in [0.15, 0.2) is 0 Å². The van der Waals surface area contributed by atoms with Crippen LogP contribution in [0.3, 0.4) is 0 Å². The van der Waals surface area contributed by atoms with Gasteiger partial charge in [0.15, 0.2) is 0 Å². The van der Waals surface area contributed by atoms with Crippen molar-refractivity contribution in [1.29, 1.82) is 0 Å². The van der Waals surface area contributed by atoms with E-state index in [0.717, 1.165) is 18.4 Å². The lowest BCUT2D eigenvalue weighted by molar-refractivity contribution is 0.0833. The Balaban J connectivity index is 1.75. The molecule has 1 unspecified atom stereocenters. The number of hydrogen-bond acceptors (Lipinski definition) is 3. The second-order valence-electron chi connectivity index (χ2n) is 5.87. The van der Waals surface area contributed by atoms with Gasteiger partial charge in [0.25, 0.3) is 0 Å². The Morgan fingerprint density at radius 3 is 2.19 bits per heavy atom. The molecule has 1 saturated heterocycles. The molecule has 0 spiro atoms. The molecule has 1 heterocycles. The molecule has 0 aromatic rings. The van der Waals surface area contributed by atoms with Gasteiger partial charge in [0.1, 0.15) is 0 Å². The number of nitrogens with two attached hydrogens (primary N) is 1. The highest BCUT2D eigenvalue weighted by Gasteiger charge is 2.35. The highest BCUT2D eigenvalue weighted by atomic mass is 15.3. The minimum atomic E-state index is 0.682. The molecule has 0 bridgehead atoms. The van der Waals surface area contributed by atoms with Gasteiger partial charge in [-0.05, 0) is 24.7 Å². The molecule has 0 radical (unpaired) electrons. The van der Waals surface area contributed by atoms with Crippen LogP contribution in [0.2, 0.25) is 0 Å². The first-order valence-electron chi connectivity index (χ1n) is 6.87. The lowest BCUT2D eigenvalue weighted by Gasteiger charge is -2.39. The van der Waals surface area contributed by atoms with Gasteiger partial charge in [0.05, 0.1) is 0 Å². The maximum absolute atomic E-state index is 5.90. The fourth-order valence-electron chi connectivity index (χ4n) is 2.91. The molecule has 2 aliphatic rings. The molecular formula is C13H27N3. The van der Waals surface area contributed by atoms with E-state index in [0.29, 0.717) is 6.04 Å². The monoisotopic (exact) mass is 225 g/mol. The molecule has 3 nitrogen and oxygen atoms in total. The van der Waals surface area contributed by atoms with Gasteiger partial charge < -0.3 is 10.6 Å². The number of hydrogen-bond donors (Lipinski definition) is 1. The molecule has 3 heteroatoms. The largest absolute Gasteiger partial charge is 0.329 e. The van der Waals surface area contributed by atoms with Crippen LogP contribution in [0.4, 0.5) is 0 Å². The van der Waals surface area contributed by atoms with E-state index in [4.69, 9.17) is 5.73 Å². The van der Waals surface area contributed by atoms with E-state index in [9.17, 15) is 0 Å². The van der Waals surface area contributed by atoms with Gasteiger partial charge in [0, 0.05) is 45.3 Å². The van der Waals surface area contributed by atoms with E-state index < -0.39 is 0 Å². The number of piperazine rings is 1. The second-order valence-corrected chi connectivity index (χ2v) is 5.87. The summed E-state index contributed by atoms with van der Waals surface area (Å²) in [7, 11) is 0. The van der Waals surface area contributed by atoms with Crippen molar-refractivity contribution in [2.45, 2.75) is 32.7 Å². The molecule has 16 heavy (non-hydrogen) atoms. The minimum absolute atomic E-state index is 0.682. The van der Waals surface area contributed by atoms with Crippen molar-refractivity contribution < 1.29 is 0 Å². The summed E-state index contributed by atoms with van der Waals surface area (Å²) in [5.41, 5.74) is 5.90. The topological polar surface area (TPSA) is 32.5 Å². The third-order valence-corrected chi connectivity index (χ3v) is 3.91. The van der Waals surface area contributed by atoms with Crippen molar-refractivity contribution in [3.8, 4) is 0 Å². The Morgan fingerprint density at radius 2 is 1.75 bits per heavy atom. The van der Waals surface area contributed by atoms with Gasteiger partial charge in [0.2, 0.25) is 0 Å². The van der Waals surface area contributed by atoms with Gasteiger partial charge >= 0.3 is 0 Å². The third-order valence-electron chi connectivity index (χ3n) is 3.91. The first kappa shape index (κ1) is 12.3. The molecule has 2 fully saturated rings. The van der Waals surface area contributed by atoms with Crippen molar-refractivity contribution >= 4 is 0 Å². The highest BCUT2D eigenvalue weighted by molar-refractivity contribution is 4.90. The molecule has 0 aromatic carbocycles. The Labute approximate surface area is 100.0 Å². The van der Waals surface area contributed by atoms with Crippen LogP contribution in [-0.2, 0) is 0 Å². The van der Waals surface area contributed by atoms with E-state index in [1.54, 1.807) is 0 Å². The first-order chi connectivity index (χ1) is 7.70. The molecule has 1 atom stereocenters. The van der Waals surface area contributed by atoms with Crippen LogP contribution < -0.4 is 5.73 Å². The first-order valence-corrected chi connectivity index (χ1v) is 6.87. The van der Waals surface area contributed by atoms with Crippen molar-refractivity contribution in [2.75, 3.05) is 39.3 Å².